The van der Waals surface area contributed by atoms with Crippen LogP contribution in [0.4, 0.5) is 4.79 Å². The van der Waals surface area contributed by atoms with E-state index in [1.54, 1.807) is 0 Å². The van der Waals surface area contributed by atoms with Crippen molar-refractivity contribution in [2.75, 3.05) is 6.54 Å². The van der Waals surface area contributed by atoms with Crippen molar-refractivity contribution in [3.8, 4) is 16.9 Å². The molecule has 2 aliphatic rings. The number of carbonyl (C=O) groups is 1. The minimum Gasteiger partial charge on any atom is -0.410 e. The zero-order valence-corrected chi connectivity index (χ0v) is 15.2. The lowest BCUT2D eigenvalue weighted by atomic mass is 9.92. The van der Waals surface area contributed by atoms with E-state index >= 15 is 0 Å². The Morgan fingerprint density at radius 1 is 1.12 bits per heavy atom. The van der Waals surface area contributed by atoms with Crippen molar-refractivity contribution in [2.45, 2.75) is 44.7 Å². The summed E-state index contributed by atoms with van der Waals surface area (Å²) in [7, 11) is 0. The van der Waals surface area contributed by atoms with Gasteiger partial charge in [-0.3, -0.25) is 0 Å². The molecule has 4 heteroatoms. The van der Waals surface area contributed by atoms with Gasteiger partial charge in [-0.1, -0.05) is 42.5 Å². The molecule has 0 aliphatic carbocycles. The van der Waals surface area contributed by atoms with Crippen molar-refractivity contribution in [2.24, 2.45) is 5.92 Å². The molecule has 2 atom stereocenters. The Morgan fingerprint density at radius 2 is 1.85 bits per heavy atom. The third-order valence-electron chi connectivity index (χ3n) is 5.53. The number of hydrogen-bond donors (Lipinski definition) is 2. The van der Waals surface area contributed by atoms with Crippen LogP contribution in [-0.2, 0) is 0 Å². The molecule has 0 aromatic heterocycles. The van der Waals surface area contributed by atoms with Crippen LogP contribution in [-0.4, -0.2) is 24.7 Å². The lowest BCUT2D eigenvalue weighted by molar-refractivity contribution is 0.195. The average Bonchev–Trinajstić information content (AvgIpc) is 2.99. The molecule has 1 amide bonds. The summed E-state index contributed by atoms with van der Waals surface area (Å²) in [4.78, 5) is 12.4. The number of hydrogen-bond acceptors (Lipinski definition) is 3. The maximum atomic E-state index is 12.4. The lowest BCUT2D eigenvalue weighted by Crippen LogP contribution is -2.42. The van der Waals surface area contributed by atoms with Crippen molar-refractivity contribution in [1.82, 2.24) is 10.6 Å². The minimum atomic E-state index is -0.362. The van der Waals surface area contributed by atoms with Gasteiger partial charge in [-0.25, -0.2) is 4.79 Å². The molecule has 2 heterocycles. The third kappa shape index (κ3) is 3.91. The fourth-order valence-corrected chi connectivity index (χ4v) is 4.28. The maximum Gasteiger partial charge on any atom is 0.412 e. The van der Waals surface area contributed by atoms with Crippen molar-refractivity contribution >= 4 is 6.09 Å². The number of ether oxygens (including phenoxy) is 1. The number of rotatable bonds is 4. The maximum absolute atomic E-state index is 12.4. The quantitative estimate of drug-likeness (QED) is 0.865. The molecular weight excluding hydrogens is 324 g/mol. The summed E-state index contributed by atoms with van der Waals surface area (Å²) in [6, 6.07) is 17.3. The first-order valence-electron chi connectivity index (χ1n) is 9.55. The highest BCUT2D eigenvalue weighted by Crippen LogP contribution is 2.32. The summed E-state index contributed by atoms with van der Waals surface area (Å²) in [5.41, 5.74) is 3.05. The van der Waals surface area contributed by atoms with Crippen molar-refractivity contribution in [3.05, 3.63) is 54.1 Å². The number of benzene rings is 2. The normalized spacial score (nSPS) is 24.3. The van der Waals surface area contributed by atoms with E-state index in [0.29, 0.717) is 30.3 Å². The third-order valence-corrected chi connectivity index (χ3v) is 5.53. The molecule has 0 radical (unpaired) electrons. The Bertz CT molecular complexity index is 763. The van der Waals surface area contributed by atoms with Gasteiger partial charge in [0.25, 0.3) is 0 Å². The van der Waals surface area contributed by atoms with Crippen LogP contribution in [0.2, 0.25) is 0 Å². The molecule has 2 aliphatic heterocycles. The summed E-state index contributed by atoms with van der Waals surface area (Å²) in [6.07, 6.45) is 4.48. The van der Waals surface area contributed by atoms with Gasteiger partial charge in [0, 0.05) is 24.2 Å². The fourth-order valence-electron chi connectivity index (χ4n) is 4.28. The SMILES string of the molecule is Cc1ccc(-c2ccccc2)c(OC(=O)NCC2CC3CCC(C2)N3)c1. The number of aryl methyl sites for hydroxylation is 1. The average molecular weight is 350 g/mol. The van der Waals surface area contributed by atoms with E-state index in [1.165, 1.54) is 12.8 Å². The Hall–Kier alpha value is -2.33. The molecule has 2 aromatic carbocycles. The zero-order valence-electron chi connectivity index (χ0n) is 15.2. The second-order valence-electron chi connectivity index (χ2n) is 7.61. The highest BCUT2D eigenvalue weighted by atomic mass is 16.6. The van der Waals surface area contributed by atoms with Crippen LogP contribution < -0.4 is 15.4 Å². The van der Waals surface area contributed by atoms with Gasteiger partial charge in [0.15, 0.2) is 0 Å². The topological polar surface area (TPSA) is 50.4 Å². The van der Waals surface area contributed by atoms with Crippen LogP contribution in [0.1, 0.15) is 31.2 Å². The number of fused-ring (bicyclic) bond motifs is 2. The standard InChI is InChI=1S/C22H26N2O2/c1-15-7-10-20(17-5-3-2-4-6-17)21(11-15)26-22(25)23-14-16-12-18-8-9-19(13-16)24-18/h2-7,10-11,16,18-19,24H,8-9,12-14H2,1H3,(H,23,25). The van der Waals surface area contributed by atoms with E-state index in [1.807, 2.05) is 55.5 Å². The highest BCUT2D eigenvalue weighted by molar-refractivity contribution is 5.77. The van der Waals surface area contributed by atoms with Crippen LogP contribution >= 0.6 is 0 Å². The van der Waals surface area contributed by atoms with Crippen molar-refractivity contribution < 1.29 is 9.53 Å². The predicted molar refractivity (Wildman–Crippen MR) is 103 cm³/mol. The molecule has 2 fully saturated rings. The summed E-state index contributed by atoms with van der Waals surface area (Å²) in [5.74, 6) is 1.16. The zero-order chi connectivity index (χ0) is 17.9. The van der Waals surface area contributed by atoms with Crippen molar-refractivity contribution in [3.63, 3.8) is 0 Å². The largest absolute Gasteiger partial charge is 0.412 e. The first-order valence-corrected chi connectivity index (χ1v) is 9.55. The minimum absolute atomic E-state index is 0.362. The van der Waals surface area contributed by atoms with Crippen LogP contribution in [0.3, 0.4) is 0 Å². The Balaban J connectivity index is 1.40. The Morgan fingerprint density at radius 3 is 2.58 bits per heavy atom. The Kier molecular flexibility index (Phi) is 4.93. The molecule has 2 bridgehead atoms. The summed E-state index contributed by atoms with van der Waals surface area (Å²) in [6.45, 7) is 2.70. The number of amides is 1. The highest BCUT2D eigenvalue weighted by Gasteiger charge is 2.33. The van der Waals surface area contributed by atoms with E-state index < -0.39 is 0 Å². The van der Waals surface area contributed by atoms with Crippen molar-refractivity contribution in [1.29, 1.82) is 0 Å². The number of carbonyl (C=O) groups excluding carboxylic acids is 1. The predicted octanol–water partition coefficient (Wildman–Crippen LogP) is 4.28. The molecule has 4 nitrogen and oxygen atoms in total. The monoisotopic (exact) mass is 350 g/mol. The van der Waals surface area contributed by atoms with E-state index in [-0.39, 0.29) is 6.09 Å². The molecule has 0 saturated carbocycles. The second kappa shape index (κ2) is 7.50. The van der Waals surface area contributed by atoms with Crippen LogP contribution in [0.5, 0.6) is 5.75 Å². The molecule has 2 unspecified atom stereocenters. The van der Waals surface area contributed by atoms with Gasteiger partial charge in [0.05, 0.1) is 0 Å². The number of piperidine rings is 1. The molecular formula is C22H26N2O2. The summed E-state index contributed by atoms with van der Waals surface area (Å²) >= 11 is 0. The van der Waals surface area contributed by atoms with Gasteiger partial charge in [-0.05, 0) is 55.7 Å². The summed E-state index contributed by atoms with van der Waals surface area (Å²) < 4.78 is 5.68. The first-order chi connectivity index (χ1) is 12.7. The van der Waals surface area contributed by atoms with E-state index in [0.717, 1.165) is 29.5 Å². The molecule has 26 heavy (non-hydrogen) atoms. The first kappa shape index (κ1) is 17.1. The van der Waals surface area contributed by atoms with Gasteiger partial charge in [-0.2, -0.15) is 0 Å². The van der Waals surface area contributed by atoms with Gasteiger partial charge >= 0.3 is 6.09 Å². The molecule has 2 N–H and O–H groups in total. The van der Waals surface area contributed by atoms with Gasteiger partial charge in [0.2, 0.25) is 0 Å². The fraction of sp³-hybridized carbons (Fsp3) is 0.409. The molecule has 136 valence electrons. The van der Waals surface area contributed by atoms with Gasteiger partial charge < -0.3 is 15.4 Å². The smallest absolute Gasteiger partial charge is 0.410 e. The molecule has 0 spiro atoms. The van der Waals surface area contributed by atoms with E-state index in [9.17, 15) is 4.79 Å². The van der Waals surface area contributed by atoms with Crippen LogP contribution in [0.25, 0.3) is 11.1 Å². The van der Waals surface area contributed by atoms with Gasteiger partial charge in [0.1, 0.15) is 5.75 Å². The lowest BCUT2D eigenvalue weighted by Gasteiger charge is -2.29. The molecule has 2 saturated heterocycles. The number of nitrogens with one attached hydrogen (secondary N) is 2. The second-order valence-corrected chi connectivity index (χ2v) is 7.61. The van der Waals surface area contributed by atoms with E-state index in [4.69, 9.17) is 4.74 Å². The van der Waals surface area contributed by atoms with Crippen LogP contribution in [0, 0.1) is 12.8 Å². The van der Waals surface area contributed by atoms with E-state index in [2.05, 4.69) is 10.6 Å². The Labute approximate surface area is 155 Å². The van der Waals surface area contributed by atoms with Gasteiger partial charge in [-0.15, -0.1) is 0 Å². The summed E-state index contributed by atoms with van der Waals surface area (Å²) in [5, 5.41) is 6.61. The molecule has 4 rings (SSSR count). The molecule has 2 aromatic rings. The van der Waals surface area contributed by atoms with Crippen LogP contribution in [0.15, 0.2) is 48.5 Å².